The maximum absolute atomic E-state index is 12.9. The number of aryl methyl sites for hydroxylation is 3. The van der Waals surface area contributed by atoms with Gasteiger partial charge < -0.3 is 4.74 Å². The number of hydrogen-bond donors (Lipinski definition) is 0. The van der Waals surface area contributed by atoms with E-state index in [0.717, 1.165) is 6.54 Å². The molecule has 1 fully saturated rings. The van der Waals surface area contributed by atoms with Crippen molar-refractivity contribution in [1.82, 2.24) is 4.31 Å². The lowest BCUT2D eigenvalue weighted by Crippen LogP contribution is -2.46. The Bertz CT molecular complexity index is 525. The van der Waals surface area contributed by atoms with Crippen LogP contribution in [0.3, 0.4) is 0 Å². The molecule has 1 aliphatic heterocycles. The van der Waals surface area contributed by atoms with Crippen LogP contribution in [0.5, 0.6) is 0 Å². The van der Waals surface area contributed by atoms with Crippen LogP contribution in [-0.2, 0) is 15.7 Å². The molecule has 0 saturated carbocycles. The van der Waals surface area contributed by atoms with Gasteiger partial charge in [-0.3, -0.25) is 0 Å². The molecule has 21 heavy (non-hydrogen) atoms. The van der Waals surface area contributed by atoms with Gasteiger partial charge in [-0.15, -0.1) is 0 Å². The van der Waals surface area contributed by atoms with Gasteiger partial charge in [-0.25, -0.2) is 8.51 Å². The third-order valence-electron chi connectivity index (χ3n) is 3.89. The van der Waals surface area contributed by atoms with Crippen LogP contribution in [0.1, 0.15) is 49.1 Å². The van der Waals surface area contributed by atoms with Gasteiger partial charge in [-0.1, -0.05) is 17.7 Å². The van der Waals surface area contributed by atoms with E-state index < -0.39 is 11.0 Å². The number of ether oxygens (including phenoxy) is 1. The maximum Gasteiger partial charge on any atom is 0.100 e. The first-order valence-corrected chi connectivity index (χ1v) is 8.66. The monoisotopic (exact) mass is 309 g/mol. The van der Waals surface area contributed by atoms with Crippen LogP contribution in [0.4, 0.5) is 0 Å². The predicted octanol–water partition coefficient (Wildman–Crippen LogP) is 3.45. The highest BCUT2D eigenvalue weighted by Gasteiger charge is 2.35. The molecule has 1 aromatic carbocycles. The molecule has 1 aliphatic rings. The minimum Gasteiger partial charge on any atom is -0.378 e. The Morgan fingerprint density at radius 3 is 2.29 bits per heavy atom. The van der Waals surface area contributed by atoms with Gasteiger partial charge in [0, 0.05) is 6.54 Å². The summed E-state index contributed by atoms with van der Waals surface area (Å²) in [6, 6.07) is 4.49. The molecule has 1 aromatic rings. The number of morpholine rings is 1. The molecule has 0 aliphatic carbocycles. The SMILES string of the molecule is Cc1cc(C)c([C@@H]2COCCN2[S@](=O)C(C)(C)C)c(C)c1. The van der Waals surface area contributed by atoms with Gasteiger partial charge in [-0.05, 0) is 58.2 Å². The van der Waals surface area contributed by atoms with Crippen molar-refractivity contribution in [1.29, 1.82) is 0 Å². The molecule has 0 N–H and O–H groups in total. The highest BCUT2D eigenvalue weighted by Crippen LogP contribution is 2.33. The second-order valence-electron chi connectivity index (χ2n) is 6.91. The summed E-state index contributed by atoms with van der Waals surface area (Å²) in [6.45, 7) is 14.5. The first-order chi connectivity index (χ1) is 9.71. The van der Waals surface area contributed by atoms with E-state index in [-0.39, 0.29) is 10.8 Å². The lowest BCUT2D eigenvalue weighted by Gasteiger charge is -2.39. The Morgan fingerprint density at radius 1 is 1.19 bits per heavy atom. The van der Waals surface area contributed by atoms with Crippen molar-refractivity contribution in [2.24, 2.45) is 0 Å². The van der Waals surface area contributed by atoms with Gasteiger partial charge in [0.2, 0.25) is 0 Å². The lowest BCUT2D eigenvalue weighted by atomic mass is 9.94. The Kier molecular flexibility index (Phi) is 4.91. The summed E-state index contributed by atoms with van der Waals surface area (Å²) in [5, 5.41) is 0. The van der Waals surface area contributed by atoms with Gasteiger partial charge in [0.05, 0.1) is 24.0 Å². The van der Waals surface area contributed by atoms with E-state index in [0.29, 0.717) is 13.2 Å². The Balaban J connectivity index is 2.43. The molecular formula is C17H27NO2S. The van der Waals surface area contributed by atoms with Crippen LogP contribution in [0, 0.1) is 20.8 Å². The Morgan fingerprint density at radius 2 is 1.76 bits per heavy atom. The topological polar surface area (TPSA) is 29.5 Å². The number of benzene rings is 1. The van der Waals surface area contributed by atoms with Crippen molar-refractivity contribution in [2.45, 2.75) is 52.3 Å². The van der Waals surface area contributed by atoms with Gasteiger partial charge >= 0.3 is 0 Å². The van der Waals surface area contributed by atoms with Crippen molar-refractivity contribution >= 4 is 11.0 Å². The second-order valence-corrected chi connectivity index (χ2v) is 9.10. The van der Waals surface area contributed by atoms with Gasteiger partial charge in [0.25, 0.3) is 0 Å². The van der Waals surface area contributed by atoms with E-state index in [9.17, 15) is 4.21 Å². The number of hydrogen-bond acceptors (Lipinski definition) is 2. The highest BCUT2D eigenvalue weighted by atomic mass is 32.2. The zero-order valence-electron chi connectivity index (χ0n) is 14.0. The molecule has 0 amide bonds. The maximum atomic E-state index is 12.9. The van der Waals surface area contributed by atoms with Crippen LogP contribution < -0.4 is 0 Å². The molecule has 1 saturated heterocycles. The van der Waals surface area contributed by atoms with Crippen LogP contribution in [-0.4, -0.2) is 33.0 Å². The molecule has 0 unspecified atom stereocenters. The van der Waals surface area contributed by atoms with Crippen molar-refractivity contribution in [2.75, 3.05) is 19.8 Å². The molecule has 0 radical (unpaired) electrons. The largest absolute Gasteiger partial charge is 0.378 e. The molecule has 2 rings (SSSR count). The van der Waals surface area contributed by atoms with Crippen LogP contribution in [0.2, 0.25) is 0 Å². The first kappa shape index (κ1) is 16.7. The normalized spacial score (nSPS) is 22.3. The molecule has 118 valence electrons. The van der Waals surface area contributed by atoms with E-state index in [1.165, 1.54) is 22.3 Å². The Hall–Kier alpha value is -0.710. The Labute approximate surface area is 131 Å². The van der Waals surface area contributed by atoms with E-state index in [1.54, 1.807) is 0 Å². The third-order valence-corrected chi connectivity index (χ3v) is 5.80. The standard InChI is InChI=1S/C17H27NO2S/c1-12-9-13(2)16(14(3)10-12)15-11-20-8-7-18(15)21(19)17(4,5)6/h9-10,15H,7-8,11H2,1-6H3/t15-,21+/m0/s1. The molecule has 4 heteroatoms. The quantitative estimate of drug-likeness (QED) is 0.837. The van der Waals surface area contributed by atoms with E-state index >= 15 is 0 Å². The summed E-state index contributed by atoms with van der Waals surface area (Å²) in [7, 11) is -1.02. The number of nitrogens with zero attached hydrogens (tertiary/aromatic N) is 1. The van der Waals surface area contributed by atoms with Crippen LogP contribution in [0.15, 0.2) is 12.1 Å². The van der Waals surface area contributed by atoms with E-state index in [2.05, 4.69) is 37.2 Å². The summed E-state index contributed by atoms with van der Waals surface area (Å²) < 4.78 is 20.4. The van der Waals surface area contributed by atoms with Crippen LogP contribution in [0.25, 0.3) is 0 Å². The molecule has 3 nitrogen and oxygen atoms in total. The highest BCUT2D eigenvalue weighted by molar-refractivity contribution is 7.84. The van der Waals surface area contributed by atoms with Crippen LogP contribution >= 0.6 is 0 Å². The molecule has 1 heterocycles. The summed E-state index contributed by atoms with van der Waals surface area (Å²) in [5.74, 6) is 0. The molecule has 2 atom stereocenters. The summed E-state index contributed by atoms with van der Waals surface area (Å²) in [4.78, 5) is 0. The zero-order chi connectivity index (χ0) is 15.8. The van der Waals surface area contributed by atoms with Gasteiger partial charge in [0.1, 0.15) is 11.0 Å². The molecule has 0 bridgehead atoms. The number of rotatable bonds is 2. The average molecular weight is 309 g/mol. The van der Waals surface area contributed by atoms with Crippen molar-refractivity contribution in [3.63, 3.8) is 0 Å². The van der Waals surface area contributed by atoms with Gasteiger partial charge in [0.15, 0.2) is 0 Å². The smallest absolute Gasteiger partial charge is 0.100 e. The molecular weight excluding hydrogens is 282 g/mol. The summed E-state index contributed by atoms with van der Waals surface area (Å²) in [5.41, 5.74) is 5.07. The fourth-order valence-corrected chi connectivity index (χ4v) is 4.42. The summed E-state index contributed by atoms with van der Waals surface area (Å²) >= 11 is 0. The van der Waals surface area contributed by atoms with Crippen molar-refractivity contribution in [3.05, 3.63) is 34.4 Å². The zero-order valence-corrected chi connectivity index (χ0v) is 14.8. The van der Waals surface area contributed by atoms with Crippen molar-refractivity contribution < 1.29 is 8.95 Å². The predicted molar refractivity (Wildman–Crippen MR) is 88.8 cm³/mol. The lowest BCUT2D eigenvalue weighted by molar-refractivity contribution is 0.0333. The average Bonchev–Trinajstić information content (AvgIpc) is 2.36. The third kappa shape index (κ3) is 3.55. The second kappa shape index (κ2) is 6.19. The molecule has 0 aromatic heterocycles. The first-order valence-electron chi connectivity index (χ1n) is 7.56. The van der Waals surface area contributed by atoms with Crippen molar-refractivity contribution in [3.8, 4) is 0 Å². The van der Waals surface area contributed by atoms with E-state index in [4.69, 9.17) is 4.74 Å². The fourth-order valence-electron chi connectivity index (χ4n) is 3.08. The molecule has 0 spiro atoms. The minimum atomic E-state index is -1.02. The van der Waals surface area contributed by atoms with E-state index in [1.807, 2.05) is 20.8 Å². The minimum absolute atomic E-state index is 0.0828. The van der Waals surface area contributed by atoms with Gasteiger partial charge in [-0.2, -0.15) is 0 Å². The summed E-state index contributed by atoms with van der Waals surface area (Å²) in [6.07, 6.45) is 0. The fraction of sp³-hybridized carbons (Fsp3) is 0.647.